The van der Waals surface area contributed by atoms with E-state index in [0.29, 0.717) is 30.9 Å². The first-order chi connectivity index (χ1) is 11.5. The SMILES string of the molecule is Cc1ccc2c(c1)C1(OCCCO1)C(=O)N2c1ccc(F)c(F)c1. The van der Waals surface area contributed by atoms with Crippen molar-refractivity contribution >= 4 is 17.3 Å². The Hall–Kier alpha value is -2.31. The zero-order chi connectivity index (χ0) is 16.9. The zero-order valence-corrected chi connectivity index (χ0v) is 13.0. The molecule has 0 unspecified atom stereocenters. The van der Waals surface area contributed by atoms with Crippen LogP contribution in [0.1, 0.15) is 17.5 Å². The maximum absolute atomic E-state index is 13.7. The van der Waals surface area contributed by atoms with Crippen LogP contribution >= 0.6 is 0 Å². The Kier molecular flexibility index (Phi) is 3.40. The van der Waals surface area contributed by atoms with Gasteiger partial charge < -0.3 is 9.47 Å². The average Bonchev–Trinajstić information content (AvgIpc) is 2.80. The molecule has 0 aliphatic carbocycles. The molecule has 1 amide bonds. The minimum atomic E-state index is -1.51. The van der Waals surface area contributed by atoms with Crippen molar-refractivity contribution in [2.24, 2.45) is 0 Å². The summed E-state index contributed by atoms with van der Waals surface area (Å²) in [6, 6.07) is 8.80. The van der Waals surface area contributed by atoms with E-state index in [-0.39, 0.29) is 5.69 Å². The second-order valence-corrected chi connectivity index (χ2v) is 5.93. The molecule has 0 radical (unpaired) electrons. The molecule has 0 bridgehead atoms. The first kappa shape index (κ1) is 15.2. The van der Waals surface area contributed by atoms with Crippen molar-refractivity contribution in [3.63, 3.8) is 0 Å². The molecule has 1 fully saturated rings. The van der Waals surface area contributed by atoms with Gasteiger partial charge in [-0.15, -0.1) is 0 Å². The molecular formula is C18H15F2NO3. The van der Waals surface area contributed by atoms with Gasteiger partial charge in [0.05, 0.1) is 24.6 Å². The lowest BCUT2D eigenvalue weighted by Gasteiger charge is -2.32. The number of hydrogen-bond acceptors (Lipinski definition) is 3. The number of aryl methyl sites for hydroxylation is 1. The van der Waals surface area contributed by atoms with E-state index in [9.17, 15) is 13.6 Å². The van der Waals surface area contributed by atoms with Crippen LogP contribution in [0.25, 0.3) is 0 Å². The van der Waals surface area contributed by atoms with Crippen molar-refractivity contribution in [2.75, 3.05) is 18.1 Å². The summed E-state index contributed by atoms with van der Waals surface area (Å²) >= 11 is 0. The highest BCUT2D eigenvalue weighted by molar-refractivity contribution is 6.11. The number of nitrogens with zero attached hydrogens (tertiary/aromatic N) is 1. The van der Waals surface area contributed by atoms with Crippen molar-refractivity contribution in [3.05, 3.63) is 59.2 Å². The van der Waals surface area contributed by atoms with E-state index >= 15 is 0 Å². The minimum absolute atomic E-state index is 0.235. The van der Waals surface area contributed by atoms with E-state index in [0.717, 1.165) is 17.7 Å². The lowest BCUT2D eigenvalue weighted by molar-refractivity contribution is -0.256. The van der Waals surface area contributed by atoms with Gasteiger partial charge in [0.15, 0.2) is 11.6 Å². The van der Waals surface area contributed by atoms with Gasteiger partial charge in [-0.2, -0.15) is 0 Å². The number of ether oxygens (including phenoxy) is 2. The number of carbonyl (C=O) groups is 1. The Bertz CT molecular complexity index is 831. The number of amides is 1. The van der Waals surface area contributed by atoms with Crippen LogP contribution in [0.2, 0.25) is 0 Å². The maximum atomic E-state index is 13.7. The van der Waals surface area contributed by atoms with Crippen LogP contribution in [-0.2, 0) is 20.1 Å². The van der Waals surface area contributed by atoms with Gasteiger partial charge in [0, 0.05) is 11.6 Å². The number of carbonyl (C=O) groups excluding carboxylic acids is 1. The van der Waals surface area contributed by atoms with Gasteiger partial charge in [0.1, 0.15) is 0 Å². The summed E-state index contributed by atoms with van der Waals surface area (Å²) in [5.41, 5.74) is 2.33. The second-order valence-electron chi connectivity index (χ2n) is 5.93. The summed E-state index contributed by atoms with van der Waals surface area (Å²) in [5.74, 6) is -3.94. The summed E-state index contributed by atoms with van der Waals surface area (Å²) in [6.07, 6.45) is 0.696. The van der Waals surface area contributed by atoms with Crippen LogP contribution in [0.4, 0.5) is 20.2 Å². The van der Waals surface area contributed by atoms with E-state index in [1.807, 2.05) is 19.1 Å². The Balaban J connectivity index is 1.90. The highest BCUT2D eigenvalue weighted by atomic mass is 19.2. The van der Waals surface area contributed by atoms with E-state index in [2.05, 4.69) is 0 Å². The number of fused-ring (bicyclic) bond motifs is 2. The number of halogens is 2. The molecule has 4 nitrogen and oxygen atoms in total. The number of anilines is 2. The molecule has 24 heavy (non-hydrogen) atoms. The van der Waals surface area contributed by atoms with Gasteiger partial charge in [0.2, 0.25) is 0 Å². The molecule has 0 saturated carbocycles. The third-order valence-electron chi connectivity index (χ3n) is 4.29. The van der Waals surface area contributed by atoms with E-state index in [4.69, 9.17) is 9.47 Å². The summed E-state index contributed by atoms with van der Waals surface area (Å²) in [6.45, 7) is 2.69. The molecular weight excluding hydrogens is 316 g/mol. The Morgan fingerprint density at radius 2 is 1.79 bits per heavy atom. The molecule has 0 atom stereocenters. The molecule has 6 heteroatoms. The quantitative estimate of drug-likeness (QED) is 0.802. The van der Waals surface area contributed by atoms with Gasteiger partial charge in [-0.05, 0) is 37.6 Å². The first-order valence-electron chi connectivity index (χ1n) is 7.71. The van der Waals surface area contributed by atoms with Crippen LogP contribution in [-0.4, -0.2) is 19.1 Å². The van der Waals surface area contributed by atoms with Crippen molar-refractivity contribution < 1.29 is 23.0 Å². The maximum Gasteiger partial charge on any atom is 0.297 e. The molecule has 0 N–H and O–H groups in total. The normalized spacial score (nSPS) is 19.0. The van der Waals surface area contributed by atoms with Crippen molar-refractivity contribution in [1.82, 2.24) is 0 Å². The van der Waals surface area contributed by atoms with Crippen LogP contribution in [0.5, 0.6) is 0 Å². The van der Waals surface area contributed by atoms with Crippen molar-refractivity contribution in [1.29, 1.82) is 0 Å². The number of hydrogen-bond donors (Lipinski definition) is 0. The molecule has 2 aliphatic heterocycles. The highest BCUT2D eigenvalue weighted by Crippen LogP contribution is 2.48. The fraction of sp³-hybridized carbons (Fsp3) is 0.278. The average molecular weight is 331 g/mol. The van der Waals surface area contributed by atoms with Crippen LogP contribution < -0.4 is 4.90 Å². The fourth-order valence-electron chi connectivity index (χ4n) is 3.17. The molecule has 124 valence electrons. The molecule has 4 rings (SSSR count). The molecule has 0 aromatic heterocycles. The Morgan fingerprint density at radius 1 is 1.04 bits per heavy atom. The summed E-state index contributed by atoms with van der Waals surface area (Å²) in [7, 11) is 0. The zero-order valence-electron chi connectivity index (χ0n) is 13.0. The molecule has 2 aromatic carbocycles. The molecule has 2 heterocycles. The fourth-order valence-corrected chi connectivity index (χ4v) is 3.17. The van der Waals surface area contributed by atoms with E-state index in [1.54, 1.807) is 6.07 Å². The van der Waals surface area contributed by atoms with Crippen molar-refractivity contribution in [2.45, 2.75) is 19.1 Å². The number of benzene rings is 2. The van der Waals surface area contributed by atoms with Crippen LogP contribution in [0, 0.1) is 18.6 Å². The van der Waals surface area contributed by atoms with Gasteiger partial charge in [-0.3, -0.25) is 9.69 Å². The summed E-state index contributed by atoms with van der Waals surface area (Å²) < 4.78 is 38.4. The first-order valence-corrected chi connectivity index (χ1v) is 7.71. The predicted molar refractivity (Wildman–Crippen MR) is 82.9 cm³/mol. The summed E-state index contributed by atoms with van der Waals surface area (Å²) in [4.78, 5) is 14.4. The van der Waals surface area contributed by atoms with Gasteiger partial charge in [-0.25, -0.2) is 8.78 Å². The third kappa shape index (κ3) is 2.07. The third-order valence-corrected chi connectivity index (χ3v) is 4.29. The van der Waals surface area contributed by atoms with Crippen LogP contribution in [0.15, 0.2) is 36.4 Å². The van der Waals surface area contributed by atoms with Gasteiger partial charge >= 0.3 is 0 Å². The lowest BCUT2D eigenvalue weighted by atomic mass is 10.0. The van der Waals surface area contributed by atoms with E-state index in [1.165, 1.54) is 11.0 Å². The topological polar surface area (TPSA) is 38.8 Å². The molecule has 1 spiro atoms. The monoisotopic (exact) mass is 331 g/mol. The number of rotatable bonds is 1. The van der Waals surface area contributed by atoms with Gasteiger partial charge in [-0.1, -0.05) is 11.6 Å². The van der Waals surface area contributed by atoms with E-state index < -0.39 is 23.3 Å². The molecule has 2 aliphatic rings. The second kappa shape index (κ2) is 5.36. The lowest BCUT2D eigenvalue weighted by Crippen LogP contribution is -2.46. The largest absolute Gasteiger partial charge is 0.338 e. The highest BCUT2D eigenvalue weighted by Gasteiger charge is 2.55. The van der Waals surface area contributed by atoms with Crippen molar-refractivity contribution in [3.8, 4) is 0 Å². The smallest absolute Gasteiger partial charge is 0.297 e. The Morgan fingerprint density at radius 3 is 2.50 bits per heavy atom. The Labute approximate surface area is 137 Å². The van der Waals surface area contributed by atoms with Gasteiger partial charge in [0.25, 0.3) is 11.7 Å². The molecule has 1 saturated heterocycles. The van der Waals surface area contributed by atoms with Crippen LogP contribution in [0.3, 0.4) is 0 Å². The summed E-state index contributed by atoms with van der Waals surface area (Å²) in [5, 5.41) is 0. The molecule has 2 aromatic rings. The minimum Gasteiger partial charge on any atom is -0.338 e. The predicted octanol–water partition coefficient (Wildman–Crippen LogP) is 3.54. The standard InChI is InChI=1S/C18H15F2NO3/c1-11-3-6-16-13(9-11)18(23-7-2-8-24-18)17(22)21(16)12-4-5-14(19)15(20)10-12/h3-6,9-10H,2,7-8H2,1H3.